The number of pyridine rings is 1. The topological polar surface area (TPSA) is 33.2 Å². The molecule has 0 amide bonds. The summed E-state index contributed by atoms with van der Waals surface area (Å²) in [5.74, 6) is 0. The summed E-state index contributed by atoms with van der Waals surface area (Å²) in [5, 5.41) is 0. The molecule has 1 aliphatic rings. The SMILES string of the molecule is CC1CCCN1Cc1cncc(C=O)c1. The summed E-state index contributed by atoms with van der Waals surface area (Å²) in [7, 11) is 0. The molecule has 3 heteroatoms. The minimum Gasteiger partial charge on any atom is -0.298 e. The van der Waals surface area contributed by atoms with Crippen molar-refractivity contribution in [2.45, 2.75) is 32.4 Å². The Hall–Kier alpha value is -1.22. The van der Waals surface area contributed by atoms with E-state index >= 15 is 0 Å². The molecule has 80 valence electrons. The van der Waals surface area contributed by atoms with Gasteiger partial charge in [0.2, 0.25) is 0 Å². The van der Waals surface area contributed by atoms with E-state index in [1.54, 1.807) is 6.20 Å². The molecule has 1 aromatic rings. The van der Waals surface area contributed by atoms with Crippen LogP contribution in [0.15, 0.2) is 18.5 Å². The van der Waals surface area contributed by atoms with Crippen LogP contribution in [0.25, 0.3) is 0 Å². The van der Waals surface area contributed by atoms with E-state index in [9.17, 15) is 4.79 Å². The van der Waals surface area contributed by atoms with Crippen LogP contribution in [0.3, 0.4) is 0 Å². The zero-order valence-corrected chi connectivity index (χ0v) is 9.02. The summed E-state index contributed by atoms with van der Waals surface area (Å²) in [6, 6.07) is 2.58. The van der Waals surface area contributed by atoms with Crippen LogP contribution in [0.2, 0.25) is 0 Å². The monoisotopic (exact) mass is 204 g/mol. The van der Waals surface area contributed by atoms with Gasteiger partial charge < -0.3 is 0 Å². The molecule has 0 bridgehead atoms. The van der Waals surface area contributed by atoms with Crippen LogP contribution in [0, 0.1) is 0 Å². The Labute approximate surface area is 90.1 Å². The highest BCUT2D eigenvalue weighted by Crippen LogP contribution is 2.19. The van der Waals surface area contributed by atoms with Crippen LogP contribution in [0.5, 0.6) is 0 Å². The lowest BCUT2D eigenvalue weighted by Crippen LogP contribution is -2.26. The molecule has 1 aromatic heterocycles. The van der Waals surface area contributed by atoms with Crippen LogP contribution in [-0.4, -0.2) is 28.8 Å². The number of aldehydes is 1. The van der Waals surface area contributed by atoms with Crippen molar-refractivity contribution in [2.75, 3.05) is 6.54 Å². The van der Waals surface area contributed by atoms with Gasteiger partial charge in [-0.05, 0) is 37.9 Å². The number of likely N-dealkylation sites (tertiary alicyclic amines) is 1. The maximum absolute atomic E-state index is 10.6. The van der Waals surface area contributed by atoms with Gasteiger partial charge in [-0.15, -0.1) is 0 Å². The highest BCUT2D eigenvalue weighted by Gasteiger charge is 2.19. The first-order valence-corrected chi connectivity index (χ1v) is 5.43. The second kappa shape index (κ2) is 4.53. The first kappa shape index (κ1) is 10.3. The number of rotatable bonds is 3. The quantitative estimate of drug-likeness (QED) is 0.705. The highest BCUT2D eigenvalue weighted by atomic mass is 16.1. The summed E-state index contributed by atoms with van der Waals surface area (Å²) in [4.78, 5) is 17.1. The normalized spacial score (nSPS) is 21.8. The molecule has 15 heavy (non-hydrogen) atoms. The molecule has 0 aliphatic carbocycles. The van der Waals surface area contributed by atoms with E-state index in [4.69, 9.17) is 0 Å². The molecule has 1 aliphatic heterocycles. The lowest BCUT2D eigenvalue weighted by Gasteiger charge is -2.20. The smallest absolute Gasteiger partial charge is 0.151 e. The molecule has 0 radical (unpaired) electrons. The molecule has 0 N–H and O–H groups in total. The maximum atomic E-state index is 10.6. The molecule has 1 fully saturated rings. The summed E-state index contributed by atoms with van der Waals surface area (Å²) in [6.07, 6.45) is 6.86. The largest absolute Gasteiger partial charge is 0.298 e. The molecule has 1 unspecified atom stereocenters. The highest BCUT2D eigenvalue weighted by molar-refractivity contribution is 5.74. The van der Waals surface area contributed by atoms with E-state index in [1.807, 2.05) is 12.3 Å². The van der Waals surface area contributed by atoms with Gasteiger partial charge in [-0.1, -0.05) is 0 Å². The minimum absolute atomic E-state index is 0.657. The molecule has 1 atom stereocenters. The van der Waals surface area contributed by atoms with E-state index in [0.29, 0.717) is 11.6 Å². The molecular weight excluding hydrogens is 188 g/mol. The second-order valence-corrected chi connectivity index (χ2v) is 4.21. The second-order valence-electron chi connectivity index (χ2n) is 4.21. The summed E-state index contributed by atoms with van der Waals surface area (Å²) < 4.78 is 0. The molecule has 0 saturated carbocycles. The van der Waals surface area contributed by atoms with Crippen molar-refractivity contribution >= 4 is 6.29 Å². The Morgan fingerprint density at radius 3 is 3.13 bits per heavy atom. The Kier molecular flexibility index (Phi) is 3.11. The van der Waals surface area contributed by atoms with Crippen molar-refractivity contribution in [3.63, 3.8) is 0 Å². The third-order valence-corrected chi connectivity index (χ3v) is 3.03. The first-order chi connectivity index (χ1) is 7.29. The van der Waals surface area contributed by atoms with Gasteiger partial charge in [0.25, 0.3) is 0 Å². The number of hydrogen-bond acceptors (Lipinski definition) is 3. The third kappa shape index (κ3) is 2.42. The van der Waals surface area contributed by atoms with E-state index in [1.165, 1.54) is 12.8 Å². The van der Waals surface area contributed by atoms with E-state index in [2.05, 4.69) is 16.8 Å². The maximum Gasteiger partial charge on any atom is 0.151 e. The number of carbonyl (C=O) groups is 1. The van der Waals surface area contributed by atoms with Crippen molar-refractivity contribution in [1.29, 1.82) is 0 Å². The number of carbonyl (C=O) groups excluding carboxylic acids is 1. The van der Waals surface area contributed by atoms with Gasteiger partial charge in [0.05, 0.1) is 0 Å². The van der Waals surface area contributed by atoms with Crippen molar-refractivity contribution in [3.05, 3.63) is 29.6 Å². The van der Waals surface area contributed by atoms with Gasteiger partial charge in [-0.2, -0.15) is 0 Å². The molecule has 1 saturated heterocycles. The first-order valence-electron chi connectivity index (χ1n) is 5.43. The van der Waals surface area contributed by atoms with Crippen LogP contribution in [-0.2, 0) is 6.54 Å². The molecule has 0 spiro atoms. The average molecular weight is 204 g/mol. The molecule has 3 nitrogen and oxygen atoms in total. The Morgan fingerprint density at radius 2 is 2.47 bits per heavy atom. The number of hydrogen-bond donors (Lipinski definition) is 0. The van der Waals surface area contributed by atoms with Gasteiger partial charge in [0.15, 0.2) is 6.29 Å². The molecule has 2 rings (SSSR count). The van der Waals surface area contributed by atoms with Crippen LogP contribution in [0.1, 0.15) is 35.7 Å². The van der Waals surface area contributed by atoms with Crippen LogP contribution < -0.4 is 0 Å². The molecular formula is C12H16N2O. The summed E-state index contributed by atoms with van der Waals surface area (Å²) in [6.45, 7) is 4.33. The van der Waals surface area contributed by atoms with E-state index in [0.717, 1.165) is 24.9 Å². The predicted octanol–water partition coefficient (Wildman–Crippen LogP) is 1.88. The average Bonchev–Trinajstić information content (AvgIpc) is 2.65. The van der Waals surface area contributed by atoms with Crippen LogP contribution >= 0.6 is 0 Å². The third-order valence-electron chi connectivity index (χ3n) is 3.03. The number of aromatic nitrogens is 1. The fraction of sp³-hybridized carbons (Fsp3) is 0.500. The Morgan fingerprint density at radius 1 is 1.60 bits per heavy atom. The zero-order valence-electron chi connectivity index (χ0n) is 9.02. The Balaban J connectivity index is 2.06. The fourth-order valence-electron chi connectivity index (χ4n) is 2.12. The van der Waals surface area contributed by atoms with Crippen molar-refractivity contribution in [2.24, 2.45) is 0 Å². The van der Waals surface area contributed by atoms with Gasteiger partial charge >= 0.3 is 0 Å². The van der Waals surface area contributed by atoms with Gasteiger partial charge in [0, 0.05) is 30.5 Å². The molecule has 2 heterocycles. The summed E-state index contributed by atoms with van der Waals surface area (Å²) >= 11 is 0. The van der Waals surface area contributed by atoms with Gasteiger partial charge in [0.1, 0.15) is 0 Å². The summed E-state index contributed by atoms with van der Waals surface area (Å²) in [5.41, 5.74) is 1.80. The van der Waals surface area contributed by atoms with Crippen molar-refractivity contribution < 1.29 is 4.79 Å². The van der Waals surface area contributed by atoms with Crippen molar-refractivity contribution in [3.8, 4) is 0 Å². The standard InChI is InChI=1S/C12H16N2O/c1-10-3-2-4-14(10)8-11-5-12(9-15)7-13-6-11/h5-7,9-10H,2-4,8H2,1H3. The zero-order chi connectivity index (χ0) is 10.7. The Bertz CT molecular complexity index is 351. The molecule has 0 aromatic carbocycles. The fourth-order valence-corrected chi connectivity index (χ4v) is 2.12. The van der Waals surface area contributed by atoms with E-state index in [-0.39, 0.29) is 0 Å². The number of nitrogens with zero attached hydrogens (tertiary/aromatic N) is 2. The van der Waals surface area contributed by atoms with E-state index < -0.39 is 0 Å². The van der Waals surface area contributed by atoms with Gasteiger partial charge in [-0.3, -0.25) is 14.7 Å². The van der Waals surface area contributed by atoms with Crippen LogP contribution in [0.4, 0.5) is 0 Å². The van der Waals surface area contributed by atoms with Gasteiger partial charge in [-0.25, -0.2) is 0 Å². The lowest BCUT2D eigenvalue weighted by atomic mass is 10.2. The lowest BCUT2D eigenvalue weighted by molar-refractivity contribution is 0.112. The minimum atomic E-state index is 0.657. The van der Waals surface area contributed by atoms with Crippen molar-refractivity contribution in [1.82, 2.24) is 9.88 Å². The predicted molar refractivity (Wildman–Crippen MR) is 58.7 cm³/mol.